The van der Waals surface area contributed by atoms with Crippen molar-refractivity contribution in [2.45, 2.75) is 19.8 Å². The van der Waals surface area contributed by atoms with E-state index in [1.807, 2.05) is 0 Å². The number of benzene rings is 1. The molecule has 1 atom stereocenters. The molecule has 0 bridgehead atoms. The first-order chi connectivity index (χ1) is 9.33. The Kier molecular flexibility index (Phi) is 3.89. The van der Waals surface area contributed by atoms with Crippen molar-refractivity contribution in [3.63, 3.8) is 0 Å². The van der Waals surface area contributed by atoms with E-state index in [1.165, 1.54) is 24.1 Å². The summed E-state index contributed by atoms with van der Waals surface area (Å²) in [6.45, 7) is 6.97. The summed E-state index contributed by atoms with van der Waals surface area (Å²) in [6.07, 6.45) is 2.35. The number of hydrogen-bond acceptors (Lipinski definition) is 4. The Morgan fingerprint density at radius 2 is 2.16 bits per heavy atom. The largest absolute Gasteiger partial charge is 0.454 e. The van der Waals surface area contributed by atoms with E-state index in [2.05, 4.69) is 29.7 Å². The number of rotatable bonds is 5. The maximum Gasteiger partial charge on any atom is 0.231 e. The Bertz CT molecular complexity index is 442. The normalized spacial score (nSPS) is 21.0. The zero-order valence-corrected chi connectivity index (χ0v) is 11.5. The van der Waals surface area contributed by atoms with Gasteiger partial charge in [0.25, 0.3) is 0 Å². The highest BCUT2D eigenvalue weighted by atomic mass is 16.7. The molecule has 4 nitrogen and oxygen atoms in total. The van der Waals surface area contributed by atoms with Crippen LogP contribution in [0.15, 0.2) is 12.1 Å². The number of ether oxygens (including phenoxy) is 2. The lowest BCUT2D eigenvalue weighted by Gasteiger charge is -2.11. The van der Waals surface area contributed by atoms with Gasteiger partial charge < -0.3 is 20.1 Å². The summed E-state index contributed by atoms with van der Waals surface area (Å²) in [5.74, 6) is 2.57. The summed E-state index contributed by atoms with van der Waals surface area (Å²) in [4.78, 5) is 0. The van der Waals surface area contributed by atoms with Crippen molar-refractivity contribution in [3.8, 4) is 11.5 Å². The molecule has 1 aromatic carbocycles. The summed E-state index contributed by atoms with van der Waals surface area (Å²) in [7, 11) is 0. The number of aryl methyl sites for hydroxylation is 1. The molecule has 0 saturated carbocycles. The zero-order chi connectivity index (χ0) is 13.1. The van der Waals surface area contributed by atoms with Crippen LogP contribution in [0.2, 0.25) is 0 Å². The minimum atomic E-state index is 0.352. The molecule has 1 saturated heterocycles. The first kappa shape index (κ1) is 12.8. The van der Waals surface area contributed by atoms with Crippen molar-refractivity contribution in [1.29, 1.82) is 0 Å². The molecule has 104 valence electrons. The van der Waals surface area contributed by atoms with Gasteiger partial charge in [-0.15, -0.1) is 0 Å². The molecule has 0 amide bonds. The highest BCUT2D eigenvalue weighted by molar-refractivity contribution is 5.48. The molecule has 0 aromatic heterocycles. The summed E-state index contributed by atoms with van der Waals surface area (Å²) >= 11 is 0. The fourth-order valence-electron chi connectivity index (χ4n) is 2.77. The van der Waals surface area contributed by atoms with Crippen LogP contribution in [0.25, 0.3) is 0 Å². The molecular weight excluding hydrogens is 240 g/mol. The predicted octanol–water partition coefficient (Wildman–Crippen LogP) is 1.47. The van der Waals surface area contributed by atoms with Gasteiger partial charge in [-0.05, 0) is 75.1 Å². The molecule has 3 rings (SSSR count). The van der Waals surface area contributed by atoms with Crippen molar-refractivity contribution >= 4 is 0 Å². The molecule has 0 aliphatic carbocycles. The minimum Gasteiger partial charge on any atom is -0.454 e. The van der Waals surface area contributed by atoms with Gasteiger partial charge in [0.2, 0.25) is 6.79 Å². The topological polar surface area (TPSA) is 42.5 Å². The van der Waals surface area contributed by atoms with Crippen LogP contribution < -0.4 is 20.1 Å². The Balaban J connectivity index is 1.49. The zero-order valence-electron chi connectivity index (χ0n) is 11.5. The van der Waals surface area contributed by atoms with Crippen LogP contribution in [0.5, 0.6) is 11.5 Å². The number of nitrogens with one attached hydrogen (secondary N) is 2. The molecule has 1 fully saturated rings. The molecule has 1 aromatic rings. The van der Waals surface area contributed by atoms with Gasteiger partial charge in [-0.3, -0.25) is 0 Å². The van der Waals surface area contributed by atoms with Gasteiger partial charge in [0.05, 0.1) is 0 Å². The number of hydrogen-bond donors (Lipinski definition) is 2. The Morgan fingerprint density at radius 1 is 1.32 bits per heavy atom. The quantitative estimate of drug-likeness (QED) is 0.789. The van der Waals surface area contributed by atoms with Gasteiger partial charge in [0.15, 0.2) is 11.5 Å². The first-order valence-electron chi connectivity index (χ1n) is 7.13. The second-order valence-corrected chi connectivity index (χ2v) is 5.44. The molecule has 0 spiro atoms. The van der Waals surface area contributed by atoms with E-state index in [1.54, 1.807) is 0 Å². The van der Waals surface area contributed by atoms with Crippen LogP contribution in [0.3, 0.4) is 0 Å². The Hall–Kier alpha value is -1.26. The molecule has 19 heavy (non-hydrogen) atoms. The van der Waals surface area contributed by atoms with Gasteiger partial charge in [0.1, 0.15) is 0 Å². The Labute approximate surface area is 114 Å². The molecule has 2 heterocycles. The van der Waals surface area contributed by atoms with Crippen LogP contribution in [-0.2, 0) is 6.42 Å². The molecular formula is C15H22N2O2. The molecule has 0 radical (unpaired) electrons. The van der Waals surface area contributed by atoms with E-state index < -0.39 is 0 Å². The van der Waals surface area contributed by atoms with Gasteiger partial charge in [0, 0.05) is 0 Å². The lowest BCUT2D eigenvalue weighted by atomic mass is 10.0. The van der Waals surface area contributed by atoms with E-state index in [0.29, 0.717) is 6.79 Å². The summed E-state index contributed by atoms with van der Waals surface area (Å²) in [6, 6.07) is 4.20. The van der Waals surface area contributed by atoms with E-state index in [4.69, 9.17) is 9.47 Å². The smallest absolute Gasteiger partial charge is 0.231 e. The van der Waals surface area contributed by atoms with Gasteiger partial charge in [-0.2, -0.15) is 0 Å². The maximum atomic E-state index is 5.43. The average Bonchev–Trinajstić information content (AvgIpc) is 3.05. The van der Waals surface area contributed by atoms with Crippen molar-refractivity contribution in [2.75, 3.05) is 33.0 Å². The monoisotopic (exact) mass is 262 g/mol. The second kappa shape index (κ2) is 5.80. The lowest BCUT2D eigenvalue weighted by Crippen LogP contribution is -2.26. The van der Waals surface area contributed by atoms with E-state index >= 15 is 0 Å². The SMILES string of the molecule is Cc1cc2c(cc1CCNCC1CCNC1)OCO2. The lowest BCUT2D eigenvalue weighted by molar-refractivity contribution is 0.174. The average molecular weight is 262 g/mol. The fraction of sp³-hybridized carbons (Fsp3) is 0.600. The minimum absolute atomic E-state index is 0.352. The fourth-order valence-corrected chi connectivity index (χ4v) is 2.77. The van der Waals surface area contributed by atoms with Crippen LogP contribution >= 0.6 is 0 Å². The third-order valence-corrected chi connectivity index (χ3v) is 4.00. The van der Waals surface area contributed by atoms with Gasteiger partial charge in [-0.25, -0.2) is 0 Å². The first-order valence-corrected chi connectivity index (χ1v) is 7.13. The van der Waals surface area contributed by atoms with Gasteiger partial charge >= 0.3 is 0 Å². The summed E-state index contributed by atoms with van der Waals surface area (Å²) in [5.41, 5.74) is 2.63. The van der Waals surface area contributed by atoms with Crippen LogP contribution in [-0.4, -0.2) is 33.0 Å². The van der Waals surface area contributed by atoms with Crippen LogP contribution in [0, 0.1) is 12.8 Å². The molecule has 2 N–H and O–H groups in total. The molecule has 1 unspecified atom stereocenters. The predicted molar refractivity (Wildman–Crippen MR) is 74.9 cm³/mol. The molecule has 4 heteroatoms. The third-order valence-electron chi connectivity index (χ3n) is 4.00. The summed E-state index contributed by atoms with van der Waals surface area (Å²) in [5, 5.41) is 6.96. The van der Waals surface area contributed by atoms with Crippen molar-refractivity contribution in [2.24, 2.45) is 5.92 Å². The van der Waals surface area contributed by atoms with Crippen molar-refractivity contribution in [3.05, 3.63) is 23.3 Å². The maximum absolute atomic E-state index is 5.43. The van der Waals surface area contributed by atoms with Crippen molar-refractivity contribution < 1.29 is 9.47 Å². The van der Waals surface area contributed by atoms with E-state index in [9.17, 15) is 0 Å². The number of fused-ring (bicyclic) bond motifs is 1. The third kappa shape index (κ3) is 3.01. The standard InChI is InChI=1S/C15H22N2O2/c1-11-6-14-15(19-10-18-14)7-13(11)3-5-17-9-12-2-4-16-8-12/h6-7,12,16-17H,2-5,8-10H2,1H3. The van der Waals surface area contributed by atoms with Gasteiger partial charge in [-0.1, -0.05) is 0 Å². The molecule has 2 aliphatic rings. The molecule has 2 aliphatic heterocycles. The summed E-state index contributed by atoms with van der Waals surface area (Å²) < 4.78 is 10.8. The second-order valence-electron chi connectivity index (χ2n) is 5.44. The highest BCUT2D eigenvalue weighted by Crippen LogP contribution is 2.34. The van der Waals surface area contributed by atoms with Crippen molar-refractivity contribution in [1.82, 2.24) is 10.6 Å². The van der Waals surface area contributed by atoms with Crippen LogP contribution in [0.1, 0.15) is 17.5 Å². The Morgan fingerprint density at radius 3 is 2.95 bits per heavy atom. The van der Waals surface area contributed by atoms with E-state index in [-0.39, 0.29) is 0 Å². The van der Waals surface area contributed by atoms with Crippen LogP contribution in [0.4, 0.5) is 0 Å². The highest BCUT2D eigenvalue weighted by Gasteiger charge is 2.16. The van der Waals surface area contributed by atoms with E-state index in [0.717, 1.165) is 43.5 Å².